The number of imide groups is 1. The minimum atomic E-state index is -2.92. The van der Waals surface area contributed by atoms with Gasteiger partial charge in [-0.3, -0.25) is 14.5 Å². The summed E-state index contributed by atoms with van der Waals surface area (Å²) in [6.45, 7) is -1.92. The first kappa shape index (κ1) is 23.1. The van der Waals surface area contributed by atoms with Crippen molar-refractivity contribution >= 4 is 17.8 Å². The lowest BCUT2D eigenvalue weighted by molar-refractivity contribution is -0.134. The topological polar surface area (TPSA) is 87.7 Å². The predicted molar refractivity (Wildman–Crippen MR) is 108 cm³/mol. The van der Waals surface area contributed by atoms with Crippen molar-refractivity contribution in [2.24, 2.45) is 0 Å². The lowest BCUT2D eigenvalue weighted by Gasteiger charge is -2.21. The van der Waals surface area contributed by atoms with Gasteiger partial charge in [-0.2, -0.15) is 8.78 Å². The third kappa shape index (κ3) is 5.57. The number of halogens is 3. The van der Waals surface area contributed by atoms with Crippen molar-refractivity contribution in [3.05, 3.63) is 65.5 Å². The molecule has 1 unspecified atom stereocenters. The molecule has 2 N–H and O–H groups in total. The number of hydrogen-bond donors (Lipinski definition) is 2. The van der Waals surface area contributed by atoms with E-state index in [2.05, 4.69) is 15.4 Å². The molecule has 1 atom stereocenters. The molecular weight excluding hydrogens is 427 g/mol. The molecule has 1 aliphatic rings. The van der Waals surface area contributed by atoms with Crippen LogP contribution in [0, 0.1) is 5.82 Å². The SMILES string of the molecule is CC1(CCc2ccc(OC(F)F)cc2)NC(=O)N(CC(=O)NCc2ccccc2F)C1=O. The van der Waals surface area contributed by atoms with E-state index in [-0.39, 0.29) is 24.3 Å². The highest BCUT2D eigenvalue weighted by molar-refractivity contribution is 6.08. The lowest BCUT2D eigenvalue weighted by Crippen LogP contribution is -2.45. The van der Waals surface area contributed by atoms with Crippen molar-refractivity contribution in [3.63, 3.8) is 0 Å². The summed E-state index contributed by atoms with van der Waals surface area (Å²) in [6.07, 6.45) is 0.616. The first-order chi connectivity index (χ1) is 15.2. The van der Waals surface area contributed by atoms with Gasteiger partial charge in [-0.15, -0.1) is 0 Å². The molecular formula is C22H22F3N3O4. The third-order valence-corrected chi connectivity index (χ3v) is 5.14. The minimum absolute atomic E-state index is 0.0211. The van der Waals surface area contributed by atoms with Gasteiger partial charge in [0.1, 0.15) is 23.7 Å². The molecule has 3 rings (SSSR count). The summed E-state index contributed by atoms with van der Waals surface area (Å²) in [5, 5.41) is 5.09. The summed E-state index contributed by atoms with van der Waals surface area (Å²) < 4.78 is 42.4. The summed E-state index contributed by atoms with van der Waals surface area (Å²) in [6, 6.07) is 11.2. The molecule has 7 nitrogen and oxygen atoms in total. The monoisotopic (exact) mass is 449 g/mol. The van der Waals surface area contributed by atoms with Crippen molar-refractivity contribution in [3.8, 4) is 5.75 Å². The highest BCUT2D eigenvalue weighted by Crippen LogP contribution is 2.24. The van der Waals surface area contributed by atoms with Crippen LogP contribution in [0.4, 0.5) is 18.0 Å². The van der Waals surface area contributed by atoms with Gasteiger partial charge in [0.15, 0.2) is 0 Å². The average Bonchev–Trinajstić information content (AvgIpc) is 2.95. The Morgan fingerprint density at radius 3 is 2.50 bits per heavy atom. The Labute approximate surface area is 182 Å². The number of carbonyl (C=O) groups excluding carboxylic acids is 3. The number of aryl methyl sites for hydroxylation is 1. The van der Waals surface area contributed by atoms with Crippen molar-refractivity contribution in [2.45, 2.75) is 38.5 Å². The van der Waals surface area contributed by atoms with Gasteiger partial charge in [0.05, 0.1) is 0 Å². The van der Waals surface area contributed by atoms with Crippen LogP contribution in [0.1, 0.15) is 24.5 Å². The maximum Gasteiger partial charge on any atom is 0.387 e. The molecule has 0 bridgehead atoms. The van der Waals surface area contributed by atoms with Crippen LogP contribution in [0.5, 0.6) is 5.75 Å². The number of carbonyl (C=O) groups is 3. The first-order valence-corrected chi connectivity index (χ1v) is 9.86. The zero-order valence-corrected chi connectivity index (χ0v) is 17.2. The van der Waals surface area contributed by atoms with Crippen LogP contribution in [0.25, 0.3) is 0 Å². The van der Waals surface area contributed by atoms with Gasteiger partial charge in [-0.05, 0) is 43.5 Å². The van der Waals surface area contributed by atoms with Crippen LogP contribution >= 0.6 is 0 Å². The predicted octanol–water partition coefficient (Wildman–Crippen LogP) is 2.99. The van der Waals surface area contributed by atoms with E-state index in [1.54, 1.807) is 25.1 Å². The summed E-state index contributed by atoms with van der Waals surface area (Å²) in [5.41, 5.74) is -0.176. The van der Waals surface area contributed by atoms with Crippen LogP contribution in [-0.2, 0) is 22.6 Å². The van der Waals surface area contributed by atoms with Crippen LogP contribution in [0.2, 0.25) is 0 Å². The van der Waals surface area contributed by atoms with Gasteiger partial charge < -0.3 is 15.4 Å². The largest absolute Gasteiger partial charge is 0.435 e. The fourth-order valence-corrected chi connectivity index (χ4v) is 3.33. The van der Waals surface area contributed by atoms with E-state index < -0.39 is 42.4 Å². The fraction of sp³-hybridized carbons (Fsp3) is 0.318. The number of urea groups is 1. The van der Waals surface area contributed by atoms with Gasteiger partial charge in [-0.25, -0.2) is 9.18 Å². The number of nitrogens with zero attached hydrogens (tertiary/aromatic N) is 1. The van der Waals surface area contributed by atoms with Crippen molar-refractivity contribution in [1.82, 2.24) is 15.5 Å². The Balaban J connectivity index is 1.54. The summed E-state index contributed by atoms with van der Waals surface area (Å²) in [5.74, 6) is -1.60. The molecule has 0 aromatic heterocycles. The van der Waals surface area contributed by atoms with E-state index in [1.807, 2.05) is 0 Å². The van der Waals surface area contributed by atoms with Crippen LogP contribution in [0.15, 0.2) is 48.5 Å². The molecule has 0 aliphatic carbocycles. The second-order valence-electron chi connectivity index (χ2n) is 7.54. The number of alkyl halides is 2. The van der Waals surface area contributed by atoms with Crippen molar-refractivity contribution < 1.29 is 32.3 Å². The zero-order valence-electron chi connectivity index (χ0n) is 17.2. The van der Waals surface area contributed by atoms with E-state index in [0.717, 1.165) is 10.5 Å². The van der Waals surface area contributed by atoms with E-state index in [9.17, 15) is 27.6 Å². The van der Waals surface area contributed by atoms with E-state index >= 15 is 0 Å². The molecule has 1 heterocycles. The Morgan fingerprint density at radius 1 is 1.16 bits per heavy atom. The first-order valence-electron chi connectivity index (χ1n) is 9.86. The van der Waals surface area contributed by atoms with Gasteiger partial charge in [-0.1, -0.05) is 30.3 Å². The Morgan fingerprint density at radius 2 is 1.84 bits per heavy atom. The molecule has 10 heteroatoms. The van der Waals surface area contributed by atoms with Gasteiger partial charge in [0.25, 0.3) is 5.91 Å². The second-order valence-corrected chi connectivity index (χ2v) is 7.54. The summed E-state index contributed by atoms with van der Waals surface area (Å²) in [7, 11) is 0. The van der Waals surface area contributed by atoms with E-state index in [4.69, 9.17) is 0 Å². The Kier molecular flexibility index (Phi) is 7.01. The maximum absolute atomic E-state index is 13.7. The highest BCUT2D eigenvalue weighted by atomic mass is 19.3. The molecule has 32 heavy (non-hydrogen) atoms. The number of rotatable bonds is 9. The molecule has 1 aliphatic heterocycles. The number of ether oxygens (including phenoxy) is 1. The second kappa shape index (κ2) is 9.71. The molecule has 0 radical (unpaired) electrons. The summed E-state index contributed by atoms with van der Waals surface area (Å²) >= 11 is 0. The van der Waals surface area contributed by atoms with Gasteiger partial charge in [0, 0.05) is 12.1 Å². The fourth-order valence-electron chi connectivity index (χ4n) is 3.33. The molecule has 4 amide bonds. The average molecular weight is 449 g/mol. The Bertz CT molecular complexity index is 1000. The van der Waals surface area contributed by atoms with Crippen LogP contribution in [-0.4, -0.2) is 41.4 Å². The molecule has 0 saturated carbocycles. The van der Waals surface area contributed by atoms with E-state index in [0.29, 0.717) is 6.42 Å². The molecule has 0 spiro atoms. The highest BCUT2D eigenvalue weighted by Gasteiger charge is 2.47. The number of hydrogen-bond acceptors (Lipinski definition) is 4. The van der Waals surface area contributed by atoms with Crippen molar-refractivity contribution in [1.29, 1.82) is 0 Å². The molecule has 2 aromatic rings. The zero-order chi connectivity index (χ0) is 23.3. The van der Waals surface area contributed by atoms with E-state index in [1.165, 1.54) is 30.3 Å². The number of benzene rings is 2. The quantitative estimate of drug-likeness (QED) is 0.577. The number of amides is 4. The third-order valence-electron chi connectivity index (χ3n) is 5.14. The molecule has 1 saturated heterocycles. The normalized spacial score (nSPS) is 18.1. The van der Waals surface area contributed by atoms with Crippen molar-refractivity contribution in [2.75, 3.05) is 6.54 Å². The minimum Gasteiger partial charge on any atom is -0.435 e. The Hall–Kier alpha value is -3.56. The molecule has 1 fully saturated rings. The van der Waals surface area contributed by atoms with Crippen LogP contribution < -0.4 is 15.4 Å². The maximum atomic E-state index is 13.7. The van der Waals surface area contributed by atoms with Crippen LogP contribution in [0.3, 0.4) is 0 Å². The molecule has 2 aromatic carbocycles. The standard InChI is InChI=1S/C22H22F3N3O4/c1-22(11-10-14-6-8-16(9-7-14)32-20(24)25)19(30)28(21(31)27-22)13-18(29)26-12-15-4-2-3-5-17(15)23/h2-9,20H,10-13H2,1H3,(H,26,29)(H,27,31). The van der Waals surface area contributed by atoms with Gasteiger partial charge in [0.2, 0.25) is 5.91 Å². The lowest BCUT2D eigenvalue weighted by atomic mass is 9.93. The number of nitrogens with one attached hydrogen (secondary N) is 2. The van der Waals surface area contributed by atoms with Gasteiger partial charge >= 0.3 is 12.6 Å². The smallest absolute Gasteiger partial charge is 0.387 e. The molecule has 170 valence electrons. The summed E-state index contributed by atoms with van der Waals surface area (Å²) in [4.78, 5) is 38.1.